The largest absolute Gasteiger partial charge is 0.481 e. The van der Waals surface area contributed by atoms with Crippen molar-refractivity contribution in [1.82, 2.24) is 0 Å². The van der Waals surface area contributed by atoms with E-state index in [1.165, 1.54) is 12.8 Å². The van der Waals surface area contributed by atoms with Crippen molar-refractivity contribution in [1.29, 1.82) is 0 Å². The minimum atomic E-state index is -0.759. The SMILES string of the molecule is CCCCC(CC)COC(=O)CCCCCCCCC(=O)O.O=C(O)CCCCCCCC(=O)O. The van der Waals surface area contributed by atoms with Crippen LogP contribution in [0.4, 0.5) is 0 Å². The minimum absolute atomic E-state index is 0.0687. The summed E-state index contributed by atoms with van der Waals surface area (Å²) in [5.74, 6) is -1.79. The molecule has 35 heavy (non-hydrogen) atoms. The molecule has 0 bridgehead atoms. The van der Waals surface area contributed by atoms with E-state index in [4.69, 9.17) is 20.1 Å². The summed E-state index contributed by atoms with van der Waals surface area (Å²) in [5.41, 5.74) is 0. The fourth-order valence-electron chi connectivity index (χ4n) is 3.52. The molecule has 0 rings (SSSR count). The number of carbonyl (C=O) groups is 4. The molecule has 1 unspecified atom stereocenters. The Kier molecular flexibility index (Phi) is 26.5. The third-order valence-corrected chi connectivity index (χ3v) is 5.83. The number of aliphatic carboxylic acids is 3. The number of carbonyl (C=O) groups excluding carboxylic acids is 1. The van der Waals surface area contributed by atoms with Crippen molar-refractivity contribution in [2.75, 3.05) is 6.61 Å². The zero-order chi connectivity index (χ0) is 26.7. The maximum atomic E-state index is 11.7. The normalized spacial score (nSPS) is 11.3. The lowest BCUT2D eigenvalue weighted by Gasteiger charge is -2.14. The first-order chi connectivity index (χ1) is 16.7. The van der Waals surface area contributed by atoms with E-state index in [-0.39, 0.29) is 25.2 Å². The molecule has 206 valence electrons. The van der Waals surface area contributed by atoms with E-state index in [0.717, 1.165) is 70.6 Å². The lowest BCUT2D eigenvalue weighted by Crippen LogP contribution is -2.13. The molecule has 0 saturated carbocycles. The van der Waals surface area contributed by atoms with Crippen LogP contribution in [0.15, 0.2) is 0 Å². The monoisotopic (exact) mass is 502 g/mol. The van der Waals surface area contributed by atoms with Gasteiger partial charge in [0.2, 0.25) is 0 Å². The second-order valence-electron chi connectivity index (χ2n) is 9.17. The van der Waals surface area contributed by atoms with Crippen LogP contribution in [0, 0.1) is 5.92 Å². The Morgan fingerprint density at radius 3 is 1.29 bits per heavy atom. The molecule has 0 fully saturated rings. The molecule has 8 heteroatoms. The van der Waals surface area contributed by atoms with Crippen LogP contribution >= 0.6 is 0 Å². The fourth-order valence-corrected chi connectivity index (χ4v) is 3.52. The van der Waals surface area contributed by atoms with Crippen LogP contribution in [0.3, 0.4) is 0 Å². The lowest BCUT2D eigenvalue weighted by atomic mass is 10.0. The van der Waals surface area contributed by atoms with E-state index < -0.39 is 17.9 Å². The molecule has 0 aromatic rings. The predicted octanol–water partition coefficient (Wildman–Crippen LogP) is 6.84. The Labute approximate surface area is 211 Å². The van der Waals surface area contributed by atoms with Gasteiger partial charge in [-0.25, -0.2) is 0 Å². The summed E-state index contributed by atoms with van der Waals surface area (Å²) in [7, 11) is 0. The molecular weight excluding hydrogens is 452 g/mol. The maximum absolute atomic E-state index is 11.7. The lowest BCUT2D eigenvalue weighted by molar-refractivity contribution is -0.145. The third kappa shape index (κ3) is 31.9. The Bertz CT molecular complexity index is 529. The summed E-state index contributed by atoms with van der Waals surface area (Å²) >= 11 is 0. The molecule has 8 nitrogen and oxygen atoms in total. The molecule has 0 spiro atoms. The number of ether oxygens (including phenoxy) is 1. The summed E-state index contributed by atoms with van der Waals surface area (Å²) in [4.78, 5) is 42.2. The molecule has 3 N–H and O–H groups in total. The topological polar surface area (TPSA) is 138 Å². The standard InChI is InChI=1S/C18H34O4.C9H16O4/c1-3-5-12-16(4-2)15-22-18(21)14-11-9-7-6-8-10-13-17(19)20;10-8(11)6-4-2-1-3-5-7-9(12)13/h16H,3-15H2,1-2H3,(H,19,20);1-7H2,(H,10,11)(H,12,13). The highest BCUT2D eigenvalue weighted by atomic mass is 16.5. The van der Waals surface area contributed by atoms with E-state index in [9.17, 15) is 19.2 Å². The van der Waals surface area contributed by atoms with Crippen molar-refractivity contribution in [2.45, 2.75) is 136 Å². The molecule has 1 atom stereocenters. The number of carboxylic acid groups (broad SMARTS) is 3. The smallest absolute Gasteiger partial charge is 0.305 e. The summed E-state index contributed by atoms with van der Waals surface area (Å²) in [5, 5.41) is 25.1. The van der Waals surface area contributed by atoms with Crippen molar-refractivity contribution in [3.63, 3.8) is 0 Å². The summed E-state index contributed by atoms with van der Waals surface area (Å²) in [6, 6.07) is 0. The van der Waals surface area contributed by atoms with Crippen LogP contribution in [0.2, 0.25) is 0 Å². The molecular formula is C27H50O8. The molecule has 0 aliphatic rings. The number of rotatable bonds is 23. The van der Waals surface area contributed by atoms with Gasteiger partial charge in [0.25, 0.3) is 0 Å². The van der Waals surface area contributed by atoms with Gasteiger partial charge in [-0.3, -0.25) is 19.2 Å². The van der Waals surface area contributed by atoms with Gasteiger partial charge in [-0.1, -0.05) is 78.1 Å². The number of hydrogen-bond acceptors (Lipinski definition) is 5. The average molecular weight is 503 g/mol. The van der Waals surface area contributed by atoms with E-state index in [1.54, 1.807) is 0 Å². The molecule has 0 heterocycles. The van der Waals surface area contributed by atoms with Gasteiger partial charge in [0, 0.05) is 25.7 Å². The molecule has 0 aliphatic carbocycles. The van der Waals surface area contributed by atoms with Gasteiger partial charge in [-0.2, -0.15) is 0 Å². The van der Waals surface area contributed by atoms with Crippen molar-refractivity contribution < 1.29 is 39.2 Å². The Balaban J connectivity index is 0. The summed E-state index contributed by atoms with van der Waals surface area (Å²) in [6.07, 6.45) is 15.7. The first kappa shape index (κ1) is 35.0. The molecule has 0 amide bonds. The minimum Gasteiger partial charge on any atom is -0.481 e. The molecule has 0 aromatic carbocycles. The number of unbranched alkanes of at least 4 members (excludes halogenated alkanes) is 10. The maximum Gasteiger partial charge on any atom is 0.305 e. The quantitative estimate of drug-likeness (QED) is 0.102. The Hall–Kier alpha value is -2.12. The Morgan fingerprint density at radius 1 is 0.571 bits per heavy atom. The number of carboxylic acids is 3. The predicted molar refractivity (Wildman–Crippen MR) is 136 cm³/mol. The molecule has 0 saturated heterocycles. The zero-order valence-electron chi connectivity index (χ0n) is 22.1. The van der Waals surface area contributed by atoms with Gasteiger partial charge in [0.15, 0.2) is 0 Å². The van der Waals surface area contributed by atoms with Crippen molar-refractivity contribution >= 4 is 23.9 Å². The van der Waals surface area contributed by atoms with Crippen LogP contribution in [-0.4, -0.2) is 45.8 Å². The van der Waals surface area contributed by atoms with Crippen molar-refractivity contribution in [2.24, 2.45) is 5.92 Å². The third-order valence-electron chi connectivity index (χ3n) is 5.83. The summed E-state index contributed by atoms with van der Waals surface area (Å²) in [6.45, 7) is 4.91. The van der Waals surface area contributed by atoms with Gasteiger partial charge in [-0.15, -0.1) is 0 Å². The highest BCUT2D eigenvalue weighted by Crippen LogP contribution is 2.14. The van der Waals surface area contributed by atoms with Gasteiger partial charge in [0.05, 0.1) is 6.61 Å². The van der Waals surface area contributed by atoms with Gasteiger partial charge in [0.1, 0.15) is 0 Å². The van der Waals surface area contributed by atoms with Crippen LogP contribution in [0.5, 0.6) is 0 Å². The van der Waals surface area contributed by atoms with E-state index in [0.29, 0.717) is 31.8 Å². The van der Waals surface area contributed by atoms with Crippen LogP contribution in [0.25, 0.3) is 0 Å². The zero-order valence-corrected chi connectivity index (χ0v) is 22.1. The highest BCUT2D eigenvalue weighted by molar-refractivity contribution is 5.69. The van der Waals surface area contributed by atoms with Gasteiger partial charge >= 0.3 is 23.9 Å². The van der Waals surface area contributed by atoms with Gasteiger partial charge in [-0.05, 0) is 38.0 Å². The van der Waals surface area contributed by atoms with Crippen LogP contribution in [-0.2, 0) is 23.9 Å². The second-order valence-corrected chi connectivity index (χ2v) is 9.17. The molecule has 0 aromatic heterocycles. The summed E-state index contributed by atoms with van der Waals surface area (Å²) < 4.78 is 5.36. The number of hydrogen-bond donors (Lipinski definition) is 3. The second kappa shape index (κ2) is 26.5. The van der Waals surface area contributed by atoms with Crippen molar-refractivity contribution in [3.05, 3.63) is 0 Å². The van der Waals surface area contributed by atoms with Crippen LogP contribution in [0.1, 0.15) is 136 Å². The first-order valence-electron chi connectivity index (χ1n) is 13.5. The van der Waals surface area contributed by atoms with E-state index >= 15 is 0 Å². The van der Waals surface area contributed by atoms with Crippen LogP contribution < -0.4 is 0 Å². The van der Waals surface area contributed by atoms with E-state index in [1.807, 2.05) is 0 Å². The average Bonchev–Trinajstić information content (AvgIpc) is 2.80. The molecule has 0 aliphatic heterocycles. The highest BCUT2D eigenvalue weighted by Gasteiger charge is 2.09. The van der Waals surface area contributed by atoms with E-state index in [2.05, 4.69) is 13.8 Å². The first-order valence-corrected chi connectivity index (χ1v) is 13.5. The fraction of sp³-hybridized carbons (Fsp3) is 0.852. The Morgan fingerprint density at radius 2 is 0.943 bits per heavy atom. The van der Waals surface area contributed by atoms with Crippen molar-refractivity contribution in [3.8, 4) is 0 Å². The van der Waals surface area contributed by atoms with Gasteiger partial charge < -0.3 is 20.1 Å². The molecule has 0 radical (unpaired) electrons. The number of esters is 1.